The van der Waals surface area contributed by atoms with Crippen LogP contribution in [-0.4, -0.2) is 17.0 Å². The molecule has 2 N–H and O–H groups in total. The Labute approximate surface area is 112 Å². The first-order chi connectivity index (χ1) is 9.49. The Balaban J connectivity index is 2.35. The molecule has 0 radical (unpaired) electrons. The lowest BCUT2D eigenvalue weighted by Gasteiger charge is -2.09. The fourth-order valence-electron chi connectivity index (χ4n) is 1.64. The molecule has 0 aliphatic rings. The van der Waals surface area contributed by atoms with E-state index in [2.05, 4.69) is 5.32 Å². The van der Waals surface area contributed by atoms with Gasteiger partial charge in [-0.2, -0.15) is 0 Å². The molecule has 6 heteroatoms. The molecule has 0 heterocycles. The highest BCUT2D eigenvalue weighted by atomic mass is 19.1. The number of carbonyl (C=O) groups is 2. The number of carbonyl (C=O) groups excluding carboxylic acids is 1. The van der Waals surface area contributed by atoms with E-state index in [0.29, 0.717) is 0 Å². The fraction of sp³-hybridized carbons (Fsp3) is 0. The summed E-state index contributed by atoms with van der Waals surface area (Å²) >= 11 is 0. The number of nitrogens with one attached hydrogen (secondary N) is 1. The van der Waals surface area contributed by atoms with Crippen LogP contribution in [0.25, 0.3) is 0 Å². The number of rotatable bonds is 3. The molecule has 1 amide bonds. The molecular formula is C14H9F2NO3. The van der Waals surface area contributed by atoms with Crippen LogP contribution in [0.4, 0.5) is 14.5 Å². The smallest absolute Gasteiger partial charge is 0.337 e. The quantitative estimate of drug-likeness (QED) is 0.906. The molecule has 0 atom stereocenters. The number of anilines is 1. The van der Waals surface area contributed by atoms with E-state index < -0.39 is 23.5 Å². The first kappa shape index (κ1) is 13.7. The van der Waals surface area contributed by atoms with Crippen molar-refractivity contribution in [3.63, 3.8) is 0 Å². The second kappa shape index (κ2) is 5.48. The number of benzene rings is 2. The van der Waals surface area contributed by atoms with Gasteiger partial charge in [-0.15, -0.1) is 0 Å². The van der Waals surface area contributed by atoms with Gasteiger partial charge in [0, 0.05) is 0 Å². The zero-order valence-electron chi connectivity index (χ0n) is 10.1. The number of aromatic carboxylic acids is 1. The van der Waals surface area contributed by atoms with Crippen LogP contribution in [0.2, 0.25) is 0 Å². The predicted molar refractivity (Wildman–Crippen MR) is 67.7 cm³/mol. The van der Waals surface area contributed by atoms with Gasteiger partial charge >= 0.3 is 5.97 Å². The normalized spacial score (nSPS) is 10.1. The molecule has 2 aromatic carbocycles. The number of hydrogen-bond acceptors (Lipinski definition) is 2. The minimum Gasteiger partial charge on any atom is -0.478 e. The van der Waals surface area contributed by atoms with Crippen molar-refractivity contribution in [3.8, 4) is 0 Å². The number of halogens is 2. The first-order valence-electron chi connectivity index (χ1n) is 5.58. The molecule has 0 aliphatic heterocycles. The van der Waals surface area contributed by atoms with Crippen molar-refractivity contribution in [1.29, 1.82) is 0 Å². The molecule has 0 fully saturated rings. The lowest BCUT2D eigenvalue weighted by molar-refractivity contribution is 0.0698. The van der Waals surface area contributed by atoms with Crippen LogP contribution >= 0.6 is 0 Å². The molecule has 102 valence electrons. The van der Waals surface area contributed by atoms with Crippen molar-refractivity contribution in [2.45, 2.75) is 0 Å². The van der Waals surface area contributed by atoms with Gasteiger partial charge in [-0.25, -0.2) is 13.6 Å². The Morgan fingerprint density at radius 2 is 1.70 bits per heavy atom. The Kier molecular flexibility index (Phi) is 3.74. The van der Waals surface area contributed by atoms with Crippen LogP contribution in [0.15, 0.2) is 42.5 Å². The van der Waals surface area contributed by atoms with Crippen molar-refractivity contribution in [2.24, 2.45) is 0 Å². The van der Waals surface area contributed by atoms with E-state index in [1.165, 1.54) is 18.2 Å². The van der Waals surface area contributed by atoms with Crippen LogP contribution in [0, 0.1) is 11.6 Å². The molecule has 0 aromatic heterocycles. The molecule has 0 aliphatic carbocycles. The molecule has 4 nitrogen and oxygen atoms in total. The van der Waals surface area contributed by atoms with Gasteiger partial charge < -0.3 is 10.4 Å². The lowest BCUT2D eigenvalue weighted by Crippen LogP contribution is -2.16. The van der Waals surface area contributed by atoms with Gasteiger partial charge in [-0.3, -0.25) is 4.79 Å². The highest BCUT2D eigenvalue weighted by molar-refractivity contribution is 6.07. The summed E-state index contributed by atoms with van der Waals surface area (Å²) in [6, 6.07) is 8.06. The van der Waals surface area contributed by atoms with Crippen molar-refractivity contribution >= 4 is 17.6 Å². The molecule has 0 saturated carbocycles. The number of amides is 1. The SMILES string of the molecule is O=C(Nc1cc(F)ccc1C(=O)O)c1ccccc1F. The maximum absolute atomic E-state index is 13.4. The minimum atomic E-state index is -1.33. The van der Waals surface area contributed by atoms with E-state index in [0.717, 1.165) is 24.3 Å². The van der Waals surface area contributed by atoms with Gasteiger partial charge in [-0.1, -0.05) is 12.1 Å². The standard InChI is InChI=1S/C14H9F2NO3/c15-8-5-6-10(14(19)20)12(7-8)17-13(18)9-3-1-2-4-11(9)16/h1-7H,(H,17,18)(H,19,20). The third-order valence-corrected chi connectivity index (χ3v) is 2.58. The molecule has 2 rings (SSSR count). The maximum Gasteiger partial charge on any atom is 0.337 e. The zero-order valence-corrected chi connectivity index (χ0v) is 10.1. The largest absolute Gasteiger partial charge is 0.478 e. The number of carboxylic acid groups (broad SMARTS) is 1. The topological polar surface area (TPSA) is 66.4 Å². The van der Waals surface area contributed by atoms with Crippen molar-refractivity contribution in [3.05, 3.63) is 65.2 Å². The summed E-state index contributed by atoms with van der Waals surface area (Å²) in [6.45, 7) is 0. The summed E-state index contributed by atoms with van der Waals surface area (Å²) in [4.78, 5) is 22.8. The second-order valence-corrected chi connectivity index (χ2v) is 3.93. The molecular weight excluding hydrogens is 268 g/mol. The molecule has 0 spiro atoms. The Hall–Kier alpha value is -2.76. The second-order valence-electron chi connectivity index (χ2n) is 3.93. The molecule has 0 bridgehead atoms. The van der Waals surface area contributed by atoms with Crippen LogP contribution in [0.3, 0.4) is 0 Å². The highest BCUT2D eigenvalue weighted by Gasteiger charge is 2.16. The Bertz CT molecular complexity index is 686. The van der Waals surface area contributed by atoms with Crippen LogP contribution in [0.5, 0.6) is 0 Å². The Morgan fingerprint density at radius 1 is 1.00 bits per heavy atom. The highest BCUT2D eigenvalue weighted by Crippen LogP contribution is 2.19. The van der Waals surface area contributed by atoms with Crippen LogP contribution in [-0.2, 0) is 0 Å². The lowest BCUT2D eigenvalue weighted by atomic mass is 10.1. The molecule has 0 unspecified atom stereocenters. The van der Waals surface area contributed by atoms with Gasteiger partial charge in [0.25, 0.3) is 5.91 Å². The van der Waals surface area contributed by atoms with Gasteiger partial charge in [0.05, 0.1) is 16.8 Å². The van der Waals surface area contributed by atoms with Gasteiger partial charge in [0.1, 0.15) is 11.6 Å². The summed E-state index contributed by atoms with van der Waals surface area (Å²) in [5.74, 6) is -3.64. The predicted octanol–water partition coefficient (Wildman–Crippen LogP) is 2.92. The van der Waals surface area contributed by atoms with Crippen LogP contribution < -0.4 is 5.32 Å². The van der Waals surface area contributed by atoms with Crippen molar-refractivity contribution in [1.82, 2.24) is 0 Å². The summed E-state index contributed by atoms with van der Waals surface area (Å²) in [5.41, 5.74) is -0.769. The molecule has 20 heavy (non-hydrogen) atoms. The Morgan fingerprint density at radius 3 is 2.35 bits per heavy atom. The molecule has 0 saturated heterocycles. The summed E-state index contributed by atoms with van der Waals surface area (Å²) in [5, 5.41) is 11.1. The summed E-state index contributed by atoms with van der Waals surface area (Å²) < 4.78 is 26.6. The van der Waals surface area contributed by atoms with E-state index in [9.17, 15) is 18.4 Å². The van der Waals surface area contributed by atoms with Crippen LogP contribution in [0.1, 0.15) is 20.7 Å². The minimum absolute atomic E-state index is 0.231. The first-order valence-corrected chi connectivity index (χ1v) is 5.58. The third kappa shape index (κ3) is 2.80. The average molecular weight is 277 g/mol. The van der Waals surface area contributed by atoms with Gasteiger partial charge in [0.2, 0.25) is 0 Å². The third-order valence-electron chi connectivity index (χ3n) is 2.58. The van der Waals surface area contributed by atoms with Gasteiger partial charge in [0.15, 0.2) is 0 Å². The zero-order chi connectivity index (χ0) is 14.7. The van der Waals surface area contributed by atoms with Gasteiger partial charge in [-0.05, 0) is 30.3 Å². The van der Waals surface area contributed by atoms with E-state index in [-0.39, 0.29) is 16.8 Å². The number of hydrogen-bond donors (Lipinski definition) is 2. The van der Waals surface area contributed by atoms with E-state index in [1.807, 2.05) is 0 Å². The number of carboxylic acids is 1. The monoisotopic (exact) mass is 277 g/mol. The summed E-state index contributed by atoms with van der Waals surface area (Å²) in [7, 11) is 0. The van der Waals surface area contributed by atoms with Crippen molar-refractivity contribution in [2.75, 3.05) is 5.32 Å². The van der Waals surface area contributed by atoms with E-state index in [4.69, 9.17) is 5.11 Å². The fourth-order valence-corrected chi connectivity index (χ4v) is 1.64. The molecule has 2 aromatic rings. The average Bonchev–Trinajstić information content (AvgIpc) is 2.38. The summed E-state index contributed by atoms with van der Waals surface area (Å²) in [6.07, 6.45) is 0. The van der Waals surface area contributed by atoms with Crippen molar-refractivity contribution < 1.29 is 23.5 Å². The maximum atomic E-state index is 13.4. The van der Waals surface area contributed by atoms with E-state index in [1.54, 1.807) is 0 Å². The van der Waals surface area contributed by atoms with E-state index >= 15 is 0 Å².